The fraction of sp³-hybridized carbons (Fsp3) is 0.629. The van der Waals surface area contributed by atoms with E-state index in [0.717, 1.165) is 12.8 Å². The van der Waals surface area contributed by atoms with Crippen molar-refractivity contribution < 1.29 is 74.6 Å². The van der Waals surface area contributed by atoms with E-state index in [2.05, 4.69) is 49.5 Å². The Hall–Kier alpha value is -2.94. The number of phosphoric acid groups is 3. The molecule has 6 atom stereocenters. The number of hydrogen-bond donors (Lipinski definition) is 6. The zero-order chi connectivity index (χ0) is 42.2. The summed E-state index contributed by atoms with van der Waals surface area (Å²) in [6.07, 6.45) is 3.40. The van der Waals surface area contributed by atoms with Crippen molar-refractivity contribution in [1.82, 2.24) is 10.6 Å². The second kappa shape index (κ2) is 19.4. The highest BCUT2D eigenvalue weighted by Gasteiger charge is 2.46. The summed E-state index contributed by atoms with van der Waals surface area (Å²) >= 11 is 0. The average Bonchev–Trinajstić information content (AvgIpc) is 3.04. The third-order valence-electron chi connectivity index (χ3n) is 9.67. The molecule has 1 aromatic carbocycles. The molecule has 22 heteroatoms. The first-order valence-corrected chi connectivity index (χ1v) is 22.7. The van der Waals surface area contributed by atoms with Gasteiger partial charge in [-0.3, -0.25) is 14.1 Å². The lowest BCUT2D eigenvalue weighted by molar-refractivity contribution is -0.182. The fourth-order valence-corrected chi connectivity index (χ4v) is 9.17. The van der Waals surface area contributed by atoms with Gasteiger partial charge in [-0.2, -0.15) is 8.62 Å². The van der Waals surface area contributed by atoms with Crippen molar-refractivity contribution in [2.45, 2.75) is 90.4 Å². The Morgan fingerprint density at radius 2 is 1.68 bits per heavy atom. The molecule has 1 aliphatic carbocycles. The third kappa shape index (κ3) is 15.3. The van der Waals surface area contributed by atoms with Gasteiger partial charge in [0.25, 0.3) is 5.91 Å². The highest BCUT2D eigenvalue weighted by molar-refractivity contribution is 7.66. The SMILES string of the molecule is COc1ccc2cc(C(=O)NCCC(C)(C)CCOC(C)(C)CCC(=O)NCC#CC3CCC3[C@H]3C[C@@H](COP(=O)(O)OP(=O)(O)OP(=O)(O)O)O3)c(=O)oc2c1. The Bertz CT molecular complexity index is 2010. The maximum Gasteiger partial charge on any atom is 0.490 e. The highest BCUT2D eigenvalue weighted by Crippen LogP contribution is 2.66. The maximum atomic E-state index is 12.8. The Labute approximate surface area is 329 Å². The molecule has 19 nitrogen and oxygen atoms in total. The number of amides is 2. The quantitative estimate of drug-likeness (QED) is 0.0570. The Balaban J connectivity index is 1.07. The summed E-state index contributed by atoms with van der Waals surface area (Å²) in [6.45, 7) is 8.45. The number of phosphoric ester groups is 1. The van der Waals surface area contributed by atoms with Gasteiger partial charge in [-0.25, -0.2) is 18.5 Å². The lowest BCUT2D eigenvalue weighted by Crippen LogP contribution is -2.49. The summed E-state index contributed by atoms with van der Waals surface area (Å²) < 4.78 is 68.4. The standard InChI is InChI=1S/C35H51N2O17P3/c1-34(2,14-17-37-32(39)28-19-24-8-10-25(48-5)20-29(24)52-33(28)40)15-18-49-35(3,4)13-12-31(38)36-16-6-7-23-9-11-27(23)30-21-26(51-30)22-50-56(44,45)54-57(46,47)53-55(41,42)43/h8,10,19-20,23,26-27,30H,9,11-18,21-22H2,1-5H3,(H,36,38)(H,37,39)(H,44,45)(H,46,47)(H2,41,42,43)/t23?,26-,27?,30+/m0/s1. The fourth-order valence-electron chi connectivity index (χ4n) is 6.12. The number of fused-ring (bicyclic) bond motifs is 1. The minimum absolute atomic E-state index is 0.0377. The van der Waals surface area contributed by atoms with Crippen LogP contribution in [-0.2, 0) is 41.1 Å². The molecule has 4 unspecified atom stereocenters. The predicted molar refractivity (Wildman–Crippen MR) is 204 cm³/mol. The van der Waals surface area contributed by atoms with Crippen LogP contribution < -0.4 is 21.0 Å². The molecule has 0 spiro atoms. The molecule has 2 aromatic rings. The molecular formula is C35H51N2O17P3. The lowest BCUT2D eigenvalue weighted by atomic mass is 9.68. The van der Waals surface area contributed by atoms with Crippen LogP contribution in [0.15, 0.2) is 33.5 Å². The van der Waals surface area contributed by atoms with E-state index in [1.54, 1.807) is 18.2 Å². The first-order valence-electron chi connectivity index (χ1n) is 18.2. The largest absolute Gasteiger partial charge is 0.497 e. The topological polar surface area (TPSA) is 276 Å². The van der Waals surface area contributed by atoms with Crippen LogP contribution in [-0.4, -0.2) is 82.6 Å². The molecule has 2 aliphatic rings. The van der Waals surface area contributed by atoms with Crippen molar-refractivity contribution in [2.24, 2.45) is 17.3 Å². The number of benzene rings is 1. The normalized spacial score (nSPS) is 21.8. The van der Waals surface area contributed by atoms with Gasteiger partial charge in [0.05, 0.1) is 38.1 Å². The van der Waals surface area contributed by atoms with E-state index in [1.807, 2.05) is 13.8 Å². The molecule has 2 fully saturated rings. The summed E-state index contributed by atoms with van der Waals surface area (Å²) in [4.78, 5) is 73.8. The van der Waals surface area contributed by atoms with Crippen LogP contribution in [0, 0.1) is 29.1 Å². The number of methoxy groups -OCH3 is 1. The minimum Gasteiger partial charge on any atom is -0.497 e. The van der Waals surface area contributed by atoms with Crippen LogP contribution in [0.2, 0.25) is 0 Å². The van der Waals surface area contributed by atoms with E-state index in [4.69, 9.17) is 28.4 Å². The third-order valence-corrected chi connectivity index (χ3v) is 13.5. The molecule has 1 saturated carbocycles. The smallest absolute Gasteiger partial charge is 0.490 e. The van der Waals surface area contributed by atoms with Gasteiger partial charge in [-0.05, 0) is 75.5 Å². The van der Waals surface area contributed by atoms with Gasteiger partial charge in [0.1, 0.15) is 16.9 Å². The average molecular weight is 865 g/mol. The Morgan fingerprint density at radius 3 is 2.33 bits per heavy atom. The first kappa shape index (κ1) is 46.7. The summed E-state index contributed by atoms with van der Waals surface area (Å²) in [6, 6.07) is 6.53. The molecule has 1 saturated heterocycles. The van der Waals surface area contributed by atoms with E-state index in [-0.39, 0.29) is 47.8 Å². The van der Waals surface area contributed by atoms with Gasteiger partial charge in [-0.1, -0.05) is 25.7 Å². The van der Waals surface area contributed by atoms with E-state index in [9.17, 15) is 37.9 Å². The number of carbonyl (C=O) groups is 2. The number of hydrogen-bond acceptors (Lipinski definition) is 13. The number of carbonyl (C=O) groups excluding carboxylic acids is 2. The Kier molecular flexibility index (Phi) is 15.9. The van der Waals surface area contributed by atoms with Gasteiger partial charge in [0, 0.05) is 43.4 Å². The summed E-state index contributed by atoms with van der Waals surface area (Å²) in [5, 5.41) is 6.22. The van der Waals surface area contributed by atoms with Crippen molar-refractivity contribution >= 4 is 46.3 Å². The second-order valence-corrected chi connectivity index (χ2v) is 19.7. The van der Waals surface area contributed by atoms with Crippen LogP contribution in [0.5, 0.6) is 5.75 Å². The molecular weight excluding hydrogens is 813 g/mol. The minimum atomic E-state index is -5.59. The molecule has 0 radical (unpaired) electrons. The number of nitrogens with one attached hydrogen (secondary N) is 2. The molecule has 1 aliphatic heterocycles. The molecule has 2 amide bonds. The van der Waals surface area contributed by atoms with E-state index >= 15 is 0 Å². The van der Waals surface area contributed by atoms with E-state index < -0.39 is 53.3 Å². The van der Waals surface area contributed by atoms with Crippen molar-refractivity contribution in [3.05, 3.63) is 40.2 Å². The van der Waals surface area contributed by atoms with Gasteiger partial charge in [-0.15, -0.1) is 0 Å². The number of ether oxygens (including phenoxy) is 3. The van der Waals surface area contributed by atoms with Crippen LogP contribution >= 0.6 is 23.5 Å². The van der Waals surface area contributed by atoms with Gasteiger partial charge >= 0.3 is 29.1 Å². The van der Waals surface area contributed by atoms with Crippen LogP contribution in [0.1, 0.15) is 83.0 Å². The maximum absolute atomic E-state index is 12.8. The van der Waals surface area contributed by atoms with Crippen molar-refractivity contribution in [3.8, 4) is 17.6 Å². The van der Waals surface area contributed by atoms with E-state index in [1.165, 1.54) is 13.2 Å². The lowest BCUT2D eigenvalue weighted by Gasteiger charge is -2.47. The summed E-state index contributed by atoms with van der Waals surface area (Å²) in [7, 11) is -14.8. The van der Waals surface area contributed by atoms with Crippen LogP contribution in [0.25, 0.3) is 11.0 Å². The summed E-state index contributed by atoms with van der Waals surface area (Å²) in [5.41, 5.74) is -1.21. The molecule has 4 rings (SSSR count). The second-order valence-electron chi connectivity index (χ2n) is 15.2. The first-order chi connectivity index (χ1) is 26.5. The van der Waals surface area contributed by atoms with Crippen molar-refractivity contribution in [3.63, 3.8) is 0 Å². The zero-order valence-electron chi connectivity index (χ0n) is 32.3. The predicted octanol–water partition coefficient (Wildman–Crippen LogP) is 4.56. The molecule has 57 heavy (non-hydrogen) atoms. The van der Waals surface area contributed by atoms with E-state index in [0.29, 0.717) is 55.6 Å². The monoisotopic (exact) mass is 864 g/mol. The molecule has 0 bridgehead atoms. The van der Waals surface area contributed by atoms with Crippen LogP contribution in [0.3, 0.4) is 0 Å². The van der Waals surface area contributed by atoms with Gasteiger partial charge < -0.3 is 48.8 Å². The molecule has 6 N–H and O–H groups in total. The highest BCUT2D eigenvalue weighted by atomic mass is 31.3. The van der Waals surface area contributed by atoms with Crippen LogP contribution in [0.4, 0.5) is 0 Å². The molecule has 2 heterocycles. The molecule has 318 valence electrons. The Morgan fingerprint density at radius 1 is 0.965 bits per heavy atom. The zero-order valence-corrected chi connectivity index (χ0v) is 35.0. The van der Waals surface area contributed by atoms with Crippen molar-refractivity contribution in [1.29, 1.82) is 0 Å². The molecule has 1 aromatic heterocycles. The van der Waals surface area contributed by atoms with Gasteiger partial charge in [0.15, 0.2) is 0 Å². The number of rotatable bonds is 21. The summed E-state index contributed by atoms with van der Waals surface area (Å²) in [5.74, 6) is 6.17. The van der Waals surface area contributed by atoms with Crippen molar-refractivity contribution in [2.75, 3.05) is 33.4 Å². The van der Waals surface area contributed by atoms with Gasteiger partial charge in [0.2, 0.25) is 5.91 Å².